The van der Waals surface area contributed by atoms with Crippen LogP contribution in [0.1, 0.15) is 58.3 Å². The fourth-order valence-electron chi connectivity index (χ4n) is 4.07. The fraction of sp³-hybridized carbons (Fsp3) is 0.200. The molecule has 0 nitrogen and oxygen atoms in total. The van der Waals surface area contributed by atoms with Gasteiger partial charge in [0.05, 0.1) is 0 Å². The molecule has 1 atom stereocenters. The van der Waals surface area contributed by atoms with Crippen molar-refractivity contribution in [1.82, 2.24) is 0 Å². The Hall–Kier alpha value is -2.19. The number of fused-ring (bicyclic) bond motifs is 1. The topological polar surface area (TPSA) is 0 Å². The number of hydrogen-bond donors (Lipinski definition) is 0. The Kier molecular flexibility index (Phi) is 9.90. The molecule has 3 radical (unpaired) electrons. The van der Waals surface area contributed by atoms with Crippen LogP contribution in [0.3, 0.4) is 0 Å². The second-order valence-corrected chi connectivity index (χ2v) is 8.78. The van der Waals surface area contributed by atoms with Crippen LogP contribution in [-0.4, -0.2) is 10.2 Å². The van der Waals surface area contributed by atoms with Gasteiger partial charge in [0.25, 0.3) is 0 Å². The van der Waals surface area contributed by atoms with Gasteiger partial charge in [-0.15, -0.1) is 0 Å². The molecule has 1 unspecified atom stereocenters. The number of allylic oxidation sites excluding steroid dienone is 4. The molecule has 0 heterocycles. The first kappa shape index (κ1) is 26.1. The van der Waals surface area contributed by atoms with Gasteiger partial charge >= 0.3 is 0 Å². The third kappa shape index (κ3) is 6.19. The minimum Gasteiger partial charge on any atom is -0.0658 e. The molecule has 0 fully saturated rings. The maximum atomic E-state index is 3.86. The van der Waals surface area contributed by atoms with E-state index in [9.17, 15) is 0 Å². The summed E-state index contributed by atoms with van der Waals surface area (Å²) in [6.45, 7) is 11.1. The molecule has 0 aliphatic heterocycles. The van der Waals surface area contributed by atoms with E-state index in [0.29, 0.717) is 5.54 Å². The molecule has 1 aliphatic rings. The van der Waals surface area contributed by atoms with Crippen LogP contribution in [0.4, 0.5) is 0 Å². The van der Waals surface area contributed by atoms with Gasteiger partial charge in [0.15, 0.2) is 0 Å². The standard InChI is InChI=1S/C16H14.C14H17Si.Ti/c1-3-9-15(10-4-1)13-7-8-14-16-11-5-2-6-12-16;1-7-6-8(2)12-10(4)11(5)14(15)13(12)9(7)3;/h1-14H;6,14H,1-5H3;. The molecule has 159 valence electrons. The summed E-state index contributed by atoms with van der Waals surface area (Å²) in [6, 6.07) is 22.9. The molecule has 0 N–H and O–H groups in total. The van der Waals surface area contributed by atoms with Crippen molar-refractivity contribution in [3.8, 4) is 0 Å². The van der Waals surface area contributed by atoms with Crippen molar-refractivity contribution in [2.24, 2.45) is 0 Å². The predicted octanol–water partition coefficient (Wildman–Crippen LogP) is 8.04. The largest absolute Gasteiger partial charge is 0.0658 e. The molecule has 3 aromatic carbocycles. The minimum absolute atomic E-state index is 0. The maximum absolute atomic E-state index is 3.86. The molecule has 3 aromatic rings. The van der Waals surface area contributed by atoms with Crippen molar-refractivity contribution >= 4 is 28.0 Å². The van der Waals surface area contributed by atoms with Crippen LogP contribution in [0.25, 0.3) is 17.7 Å². The Balaban J connectivity index is 0.000000220. The van der Waals surface area contributed by atoms with Crippen LogP contribution in [0.5, 0.6) is 0 Å². The van der Waals surface area contributed by atoms with Crippen molar-refractivity contribution < 1.29 is 21.7 Å². The Labute approximate surface area is 212 Å². The zero-order chi connectivity index (χ0) is 22.4. The van der Waals surface area contributed by atoms with Crippen LogP contribution in [0.15, 0.2) is 84.5 Å². The predicted molar refractivity (Wildman–Crippen MR) is 138 cm³/mol. The van der Waals surface area contributed by atoms with Gasteiger partial charge in [-0.25, -0.2) is 0 Å². The van der Waals surface area contributed by atoms with Crippen LogP contribution < -0.4 is 0 Å². The van der Waals surface area contributed by atoms with Crippen molar-refractivity contribution in [3.05, 3.63) is 123 Å². The van der Waals surface area contributed by atoms with E-state index in [1.165, 1.54) is 50.1 Å². The molecule has 0 saturated carbocycles. The molecule has 0 spiro atoms. The summed E-state index contributed by atoms with van der Waals surface area (Å²) < 4.78 is 0. The second-order valence-electron chi connectivity index (χ2n) is 8.20. The number of rotatable bonds is 3. The molecule has 0 aromatic heterocycles. The summed E-state index contributed by atoms with van der Waals surface area (Å²) >= 11 is 0. The van der Waals surface area contributed by atoms with Gasteiger partial charge in [0.1, 0.15) is 0 Å². The normalized spacial score (nSPS) is 14.9. The van der Waals surface area contributed by atoms with Crippen molar-refractivity contribution in [3.63, 3.8) is 0 Å². The van der Waals surface area contributed by atoms with E-state index >= 15 is 0 Å². The van der Waals surface area contributed by atoms with E-state index in [-0.39, 0.29) is 21.7 Å². The summed E-state index contributed by atoms with van der Waals surface area (Å²) in [7, 11) is 3.86. The molecule has 32 heavy (non-hydrogen) atoms. The zero-order valence-electron chi connectivity index (χ0n) is 19.7. The van der Waals surface area contributed by atoms with E-state index in [0.717, 1.165) is 0 Å². The number of benzene rings is 3. The van der Waals surface area contributed by atoms with Crippen molar-refractivity contribution in [2.45, 2.75) is 40.2 Å². The van der Waals surface area contributed by atoms with Gasteiger partial charge in [-0.05, 0) is 84.7 Å². The summed E-state index contributed by atoms with van der Waals surface area (Å²) in [4.78, 5) is 0. The van der Waals surface area contributed by atoms with E-state index in [1.807, 2.05) is 36.4 Å². The van der Waals surface area contributed by atoms with Gasteiger partial charge in [-0.2, -0.15) is 0 Å². The first-order chi connectivity index (χ1) is 14.9. The van der Waals surface area contributed by atoms with E-state index in [1.54, 1.807) is 0 Å². The van der Waals surface area contributed by atoms with Gasteiger partial charge in [-0.3, -0.25) is 0 Å². The first-order valence-corrected chi connectivity index (χ1v) is 11.4. The first-order valence-electron chi connectivity index (χ1n) is 10.8. The summed E-state index contributed by atoms with van der Waals surface area (Å²) in [5.74, 6) is 0. The minimum atomic E-state index is 0. The summed E-state index contributed by atoms with van der Waals surface area (Å²) in [5, 5.41) is 0. The zero-order valence-corrected chi connectivity index (χ0v) is 22.3. The van der Waals surface area contributed by atoms with Crippen molar-refractivity contribution in [1.29, 1.82) is 0 Å². The molecular weight excluding hydrogens is 436 g/mol. The number of aryl methyl sites for hydroxylation is 2. The second kappa shape index (κ2) is 12.2. The Morgan fingerprint density at radius 1 is 0.688 bits per heavy atom. The summed E-state index contributed by atoms with van der Waals surface area (Å²) in [5.41, 5.74) is 13.0. The van der Waals surface area contributed by atoms with Crippen LogP contribution >= 0.6 is 0 Å². The van der Waals surface area contributed by atoms with Gasteiger partial charge in [-0.1, -0.05) is 96.6 Å². The number of hydrogen-bond acceptors (Lipinski definition) is 0. The summed E-state index contributed by atoms with van der Waals surface area (Å²) in [6.07, 6.45) is 8.31. The Morgan fingerprint density at radius 2 is 1.16 bits per heavy atom. The molecular formula is C30H31SiTi. The molecule has 1 aliphatic carbocycles. The SMILES string of the molecule is C(C=Cc1ccccc1)=Cc1ccccc1.CC1=C(C)C([Si])c2c(C)c(C)cc(C)c21.[Ti]. The van der Waals surface area contributed by atoms with Crippen LogP contribution in [-0.2, 0) is 21.7 Å². The Bertz CT molecular complexity index is 1070. The average Bonchev–Trinajstić information content (AvgIpc) is 3.01. The van der Waals surface area contributed by atoms with Gasteiger partial charge < -0.3 is 0 Å². The van der Waals surface area contributed by atoms with E-state index < -0.39 is 0 Å². The van der Waals surface area contributed by atoms with Crippen LogP contribution in [0.2, 0.25) is 0 Å². The van der Waals surface area contributed by atoms with E-state index in [4.69, 9.17) is 0 Å². The van der Waals surface area contributed by atoms with Crippen LogP contribution in [0, 0.1) is 20.8 Å². The molecule has 0 bridgehead atoms. The fourth-order valence-corrected chi connectivity index (χ4v) is 4.65. The van der Waals surface area contributed by atoms with Crippen molar-refractivity contribution in [2.75, 3.05) is 0 Å². The monoisotopic (exact) mass is 467 g/mol. The maximum Gasteiger partial charge on any atom is 0.0392 e. The third-order valence-corrected chi connectivity index (χ3v) is 6.79. The Morgan fingerprint density at radius 3 is 1.62 bits per heavy atom. The average molecular weight is 468 g/mol. The molecule has 0 amide bonds. The molecule has 0 saturated heterocycles. The van der Waals surface area contributed by atoms with Gasteiger partial charge in [0, 0.05) is 32.0 Å². The molecule has 4 rings (SSSR count). The molecule has 2 heteroatoms. The quantitative estimate of drug-likeness (QED) is 0.270. The third-order valence-electron chi connectivity index (χ3n) is 6.07. The van der Waals surface area contributed by atoms with Gasteiger partial charge in [0.2, 0.25) is 0 Å². The van der Waals surface area contributed by atoms with E-state index in [2.05, 4.69) is 99.5 Å². The smallest absolute Gasteiger partial charge is 0.0392 e.